The molecule has 3 rings (SSSR count). The van der Waals surface area contributed by atoms with Gasteiger partial charge in [-0.2, -0.15) is 18.3 Å². The molecular formula is C18H17F3N4O2. The number of aromatic nitrogens is 2. The van der Waals surface area contributed by atoms with Crippen LogP contribution in [0.15, 0.2) is 43.1 Å². The van der Waals surface area contributed by atoms with Crippen LogP contribution in [0, 0.1) is 0 Å². The molecule has 142 valence electrons. The van der Waals surface area contributed by atoms with Crippen molar-refractivity contribution in [3.05, 3.63) is 59.9 Å². The van der Waals surface area contributed by atoms with Gasteiger partial charge in [-0.25, -0.2) is 0 Å². The van der Waals surface area contributed by atoms with Crippen LogP contribution in [0.4, 0.5) is 18.9 Å². The number of halogens is 3. The summed E-state index contributed by atoms with van der Waals surface area (Å²) in [6, 6.07) is 5.44. The molecule has 0 aliphatic heterocycles. The summed E-state index contributed by atoms with van der Waals surface area (Å²) in [5, 5.41) is 11.5. The zero-order valence-corrected chi connectivity index (χ0v) is 14.1. The lowest BCUT2D eigenvalue weighted by molar-refractivity contribution is -0.154. The normalized spacial score (nSPS) is 19.1. The molecule has 1 heterocycles. The van der Waals surface area contributed by atoms with Gasteiger partial charge >= 0.3 is 6.18 Å². The number of anilines is 1. The van der Waals surface area contributed by atoms with Gasteiger partial charge in [-0.3, -0.25) is 14.7 Å². The fraction of sp³-hybridized carbons (Fsp3) is 0.278. The Morgan fingerprint density at radius 3 is 2.81 bits per heavy atom. The molecule has 1 aliphatic rings. The second kappa shape index (κ2) is 7.26. The summed E-state index contributed by atoms with van der Waals surface area (Å²) in [4.78, 5) is 23.8. The first-order valence-electron chi connectivity index (χ1n) is 8.21. The van der Waals surface area contributed by atoms with Crippen molar-refractivity contribution in [2.45, 2.75) is 31.0 Å². The van der Waals surface area contributed by atoms with Gasteiger partial charge in [0.25, 0.3) is 5.91 Å². The standard InChI is InChI=1S/C18H17F3N4O2/c1-2-16(26)23-11-5-3-4-10(6-11)17(27)24-12-7-14(18(19,20)21)13-9-22-25-15(13)8-12/h2-6,9,12,14H,1,7-8H2,(H,22,25)(H,23,26)(H,24,27). The Bertz CT molecular complexity index is 875. The molecule has 0 fully saturated rings. The third-order valence-electron chi connectivity index (χ3n) is 4.41. The fourth-order valence-electron chi connectivity index (χ4n) is 3.15. The summed E-state index contributed by atoms with van der Waals surface area (Å²) in [5.74, 6) is -2.62. The van der Waals surface area contributed by atoms with Gasteiger partial charge in [0.2, 0.25) is 5.91 Å². The monoisotopic (exact) mass is 378 g/mol. The highest BCUT2D eigenvalue weighted by atomic mass is 19.4. The summed E-state index contributed by atoms with van der Waals surface area (Å²) >= 11 is 0. The van der Waals surface area contributed by atoms with Gasteiger partial charge in [-0.05, 0) is 30.7 Å². The summed E-state index contributed by atoms with van der Waals surface area (Å²) < 4.78 is 40.0. The Morgan fingerprint density at radius 2 is 2.11 bits per heavy atom. The average Bonchev–Trinajstić information content (AvgIpc) is 3.08. The topological polar surface area (TPSA) is 86.9 Å². The molecule has 27 heavy (non-hydrogen) atoms. The quantitative estimate of drug-likeness (QED) is 0.715. The second-order valence-corrected chi connectivity index (χ2v) is 6.28. The summed E-state index contributed by atoms with van der Waals surface area (Å²) in [5.41, 5.74) is 1.12. The summed E-state index contributed by atoms with van der Waals surface area (Å²) in [7, 11) is 0. The molecule has 1 aromatic heterocycles. The van der Waals surface area contributed by atoms with Gasteiger partial charge in [0.15, 0.2) is 0 Å². The van der Waals surface area contributed by atoms with E-state index in [1.807, 2.05) is 0 Å². The van der Waals surface area contributed by atoms with Crippen LogP contribution in [0.5, 0.6) is 0 Å². The van der Waals surface area contributed by atoms with E-state index in [0.717, 1.165) is 6.08 Å². The molecule has 0 spiro atoms. The van der Waals surface area contributed by atoms with Gasteiger partial charge in [0, 0.05) is 35.0 Å². The number of nitrogens with one attached hydrogen (secondary N) is 3. The zero-order chi connectivity index (χ0) is 19.6. The minimum absolute atomic E-state index is 0.127. The van der Waals surface area contributed by atoms with Crippen LogP contribution in [0.1, 0.15) is 34.0 Å². The molecule has 2 unspecified atom stereocenters. The molecule has 1 aliphatic carbocycles. The molecule has 1 aromatic carbocycles. The first-order valence-corrected chi connectivity index (χ1v) is 8.21. The minimum Gasteiger partial charge on any atom is -0.349 e. The summed E-state index contributed by atoms with van der Waals surface area (Å²) in [6.45, 7) is 3.34. The molecule has 0 radical (unpaired) electrons. The highest BCUT2D eigenvalue weighted by Crippen LogP contribution is 2.42. The largest absolute Gasteiger partial charge is 0.395 e. The van der Waals surface area contributed by atoms with Crippen molar-refractivity contribution >= 4 is 17.5 Å². The number of alkyl halides is 3. The van der Waals surface area contributed by atoms with E-state index in [-0.39, 0.29) is 24.0 Å². The number of amides is 2. The zero-order valence-electron chi connectivity index (χ0n) is 14.1. The van der Waals surface area contributed by atoms with E-state index in [1.165, 1.54) is 18.3 Å². The van der Waals surface area contributed by atoms with E-state index in [2.05, 4.69) is 27.4 Å². The number of fused-ring (bicyclic) bond motifs is 1. The van der Waals surface area contributed by atoms with E-state index >= 15 is 0 Å². The SMILES string of the molecule is C=CC(=O)Nc1cccc(C(=O)NC2Cc3[nH]ncc3C(C(F)(F)F)C2)c1. The van der Waals surface area contributed by atoms with E-state index in [1.54, 1.807) is 12.1 Å². The van der Waals surface area contributed by atoms with Crippen LogP contribution in [-0.2, 0) is 11.2 Å². The number of nitrogens with zero attached hydrogens (tertiary/aromatic N) is 1. The summed E-state index contributed by atoms with van der Waals surface area (Å²) in [6.07, 6.45) is -2.16. The van der Waals surface area contributed by atoms with E-state index in [9.17, 15) is 22.8 Å². The van der Waals surface area contributed by atoms with Gasteiger partial charge in [-0.15, -0.1) is 0 Å². The van der Waals surface area contributed by atoms with Crippen LogP contribution in [-0.4, -0.2) is 34.2 Å². The Morgan fingerprint density at radius 1 is 1.33 bits per heavy atom. The highest BCUT2D eigenvalue weighted by Gasteiger charge is 2.46. The number of hydrogen-bond acceptors (Lipinski definition) is 3. The lowest BCUT2D eigenvalue weighted by atomic mass is 9.83. The molecular weight excluding hydrogens is 361 g/mol. The predicted octanol–water partition coefficient (Wildman–Crippen LogP) is 2.92. The average molecular weight is 378 g/mol. The minimum atomic E-state index is -4.42. The number of carbonyl (C=O) groups is 2. The first kappa shape index (κ1) is 18.7. The van der Waals surface area contributed by atoms with Crippen molar-refractivity contribution < 1.29 is 22.8 Å². The fourth-order valence-corrected chi connectivity index (χ4v) is 3.15. The number of hydrogen-bond donors (Lipinski definition) is 3. The van der Waals surface area contributed by atoms with Crippen molar-refractivity contribution in [1.82, 2.24) is 15.5 Å². The third-order valence-corrected chi connectivity index (χ3v) is 4.41. The van der Waals surface area contributed by atoms with Crippen LogP contribution in [0.3, 0.4) is 0 Å². The smallest absolute Gasteiger partial charge is 0.349 e. The number of benzene rings is 1. The second-order valence-electron chi connectivity index (χ2n) is 6.28. The third kappa shape index (κ3) is 4.18. The predicted molar refractivity (Wildman–Crippen MR) is 92.2 cm³/mol. The van der Waals surface area contributed by atoms with Crippen molar-refractivity contribution in [2.24, 2.45) is 0 Å². The lowest BCUT2D eigenvalue weighted by Gasteiger charge is -2.30. The first-order chi connectivity index (χ1) is 12.8. The number of aromatic amines is 1. The molecule has 2 aromatic rings. The molecule has 0 saturated heterocycles. The molecule has 2 atom stereocenters. The maximum absolute atomic E-state index is 13.3. The Balaban J connectivity index is 1.74. The van der Waals surface area contributed by atoms with Crippen molar-refractivity contribution in [1.29, 1.82) is 0 Å². The van der Waals surface area contributed by atoms with Gasteiger partial charge < -0.3 is 10.6 Å². The highest BCUT2D eigenvalue weighted by molar-refractivity contribution is 6.00. The Kier molecular flexibility index (Phi) is 5.02. The number of carbonyl (C=O) groups excluding carboxylic acids is 2. The molecule has 0 bridgehead atoms. The molecule has 3 N–H and O–H groups in total. The van der Waals surface area contributed by atoms with Gasteiger partial charge in [0.05, 0.1) is 12.1 Å². The Labute approximate surface area is 152 Å². The number of rotatable bonds is 4. The maximum Gasteiger partial charge on any atom is 0.395 e. The van der Waals surface area contributed by atoms with Crippen LogP contribution in [0.2, 0.25) is 0 Å². The van der Waals surface area contributed by atoms with Gasteiger partial charge in [0.1, 0.15) is 0 Å². The molecule has 9 heteroatoms. The van der Waals surface area contributed by atoms with Crippen LogP contribution < -0.4 is 10.6 Å². The maximum atomic E-state index is 13.3. The molecule has 6 nitrogen and oxygen atoms in total. The van der Waals surface area contributed by atoms with E-state index in [4.69, 9.17) is 0 Å². The van der Waals surface area contributed by atoms with Gasteiger partial charge in [-0.1, -0.05) is 12.6 Å². The molecule has 0 saturated carbocycles. The lowest BCUT2D eigenvalue weighted by Crippen LogP contribution is -2.42. The molecule has 2 amide bonds. The van der Waals surface area contributed by atoms with Crippen LogP contribution >= 0.6 is 0 Å². The van der Waals surface area contributed by atoms with Crippen molar-refractivity contribution in [2.75, 3.05) is 5.32 Å². The van der Waals surface area contributed by atoms with Crippen LogP contribution in [0.25, 0.3) is 0 Å². The van der Waals surface area contributed by atoms with E-state index < -0.39 is 30.0 Å². The van der Waals surface area contributed by atoms with Crippen molar-refractivity contribution in [3.8, 4) is 0 Å². The van der Waals surface area contributed by atoms with Crippen molar-refractivity contribution in [3.63, 3.8) is 0 Å². The van der Waals surface area contributed by atoms with E-state index in [0.29, 0.717) is 11.4 Å². The number of H-pyrrole nitrogens is 1. The Hall–Kier alpha value is -3.10.